The number of hydrogen-bond donors (Lipinski definition) is 0. The van der Waals surface area contributed by atoms with Crippen molar-refractivity contribution in [3.05, 3.63) is 83.7 Å². The number of ether oxygens (including phenoxy) is 1. The summed E-state index contributed by atoms with van der Waals surface area (Å²) in [6.45, 7) is 3.47. The van der Waals surface area contributed by atoms with Gasteiger partial charge in [0.05, 0.1) is 12.2 Å². The molecule has 1 aromatic heterocycles. The molecule has 1 atom stereocenters. The zero-order valence-electron chi connectivity index (χ0n) is 14.8. The van der Waals surface area contributed by atoms with Crippen LogP contribution in [0.2, 0.25) is 0 Å². The van der Waals surface area contributed by atoms with Gasteiger partial charge in [0, 0.05) is 35.9 Å². The molecule has 0 aliphatic carbocycles. The first-order valence-corrected chi connectivity index (χ1v) is 8.72. The molecule has 3 nitrogen and oxygen atoms in total. The summed E-state index contributed by atoms with van der Waals surface area (Å²) in [5.41, 5.74) is 3.28. The molecule has 0 bridgehead atoms. The molecule has 0 radical (unpaired) electrons. The lowest BCUT2D eigenvalue weighted by Gasteiger charge is -2.24. The molecule has 0 spiro atoms. The maximum Gasteiger partial charge on any atom is 0.416 e. The molecular weight excluding hydrogens is 353 g/mol. The van der Waals surface area contributed by atoms with Crippen molar-refractivity contribution in [3.63, 3.8) is 0 Å². The molecule has 1 fully saturated rings. The van der Waals surface area contributed by atoms with Gasteiger partial charge in [-0.25, -0.2) is 0 Å². The van der Waals surface area contributed by atoms with E-state index in [1.807, 2.05) is 30.0 Å². The Morgan fingerprint density at radius 2 is 1.59 bits per heavy atom. The molecule has 6 heteroatoms. The van der Waals surface area contributed by atoms with Crippen LogP contribution in [0.1, 0.15) is 22.9 Å². The molecule has 0 N–H and O–H groups in total. The van der Waals surface area contributed by atoms with Crippen LogP contribution in [0.4, 0.5) is 18.9 Å². The molecule has 3 aromatic rings. The molecule has 1 aliphatic rings. The van der Waals surface area contributed by atoms with Gasteiger partial charge in [-0.15, -0.1) is 0 Å². The Labute approximate surface area is 155 Å². The van der Waals surface area contributed by atoms with Crippen molar-refractivity contribution in [1.82, 2.24) is 4.57 Å². The molecule has 4 rings (SSSR count). The van der Waals surface area contributed by atoms with E-state index in [1.54, 1.807) is 0 Å². The first-order valence-electron chi connectivity index (χ1n) is 8.72. The number of aryl methyl sites for hydroxylation is 1. The van der Waals surface area contributed by atoms with E-state index in [9.17, 15) is 13.2 Å². The number of aromatic nitrogens is 1. The number of benzene rings is 2. The fraction of sp³-hybridized carbons (Fsp3) is 0.238. The summed E-state index contributed by atoms with van der Waals surface area (Å²) in [6, 6.07) is 15.4. The number of anilines is 1. The van der Waals surface area contributed by atoms with Crippen LogP contribution < -0.4 is 4.90 Å². The quantitative estimate of drug-likeness (QED) is 0.617. The monoisotopic (exact) mass is 372 g/mol. The number of nitrogens with zero attached hydrogens (tertiary/aromatic N) is 2. The minimum atomic E-state index is -4.33. The molecule has 1 unspecified atom stereocenters. The van der Waals surface area contributed by atoms with Crippen molar-refractivity contribution in [2.75, 3.05) is 18.1 Å². The molecule has 140 valence electrons. The minimum absolute atomic E-state index is 0.205. The minimum Gasteiger partial charge on any atom is -0.352 e. The van der Waals surface area contributed by atoms with E-state index in [-0.39, 0.29) is 6.23 Å². The van der Waals surface area contributed by atoms with Crippen LogP contribution >= 0.6 is 0 Å². The van der Waals surface area contributed by atoms with Gasteiger partial charge in [-0.1, -0.05) is 17.7 Å². The van der Waals surface area contributed by atoms with Crippen LogP contribution in [0.3, 0.4) is 0 Å². The first-order chi connectivity index (χ1) is 12.9. The molecule has 1 saturated heterocycles. The second kappa shape index (κ2) is 6.78. The van der Waals surface area contributed by atoms with Crippen molar-refractivity contribution >= 4 is 5.69 Å². The smallest absolute Gasteiger partial charge is 0.352 e. The van der Waals surface area contributed by atoms with Crippen LogP contribution in [-0.4, -0.2) is 17.7 Å². The van der Waals surface area contributed by atoms with E-state index in [2.05, 4.69) is 29.2 Å². The third kappa shape index (κ3) is 3.57. The third-order valence-corrected chi connectivity index (χ3v) is 4.75. The fourth-order valence-electron chi connectivity index (χ4n) is 3.29. The van der Waals surface area contributed by atoms with E-state index in [0.717, 1.165) is 29.9 Å². The van der Waals surface area contributed by atoms with Crippen LogP contribution in [0.15, 0.2) is 67.0 Å². The second-order valence-electron chi connectivity index (χ2n) is 6.65. The summed E-state index contributed by atoms with van der Waals surface area (Å²) in [5.74, 6) is 0. The number of rotatable bonds is 3. The summed E-state index contributed by atoms with van der Waals surface area (Å²) < 4.78 is 45.9. The maximum absolute atomic E-state index is 12.7. The zero-order chi connectivity index (χ0) is 19.0. The van der Waals surface area contributed by atoms with Gasteiger partial charge >= 0.3 is 6.18 Å². The second-order valence-corrected chi connectivity index (χ2v) is 6.65. The van der Waals surface area contributed by atoms with Crippen molar-refractivity contribution in [2.45, 2.75) is 19.3 Å². The van der Waals surface area contributed by atoms with E-state index in [0.29, 0.717) is 12.3 Å². The summed E-state index contributed by atoms with van der Waals surface area (Å²) in [5, 5.41) is 0. The number of halogens is 3. The fourth-order valence-corrected chi connectivity index (χ4v) is 3.29. The lowest BCUT2D eigenvalue weighted by molar-refractivity contribution is -0.137. The Morgan fingerprint density at radius 3 is 2.26 bits per heavy atom. The van der Waals surface area contributed by atoms with Gasteiger partial charge in [-0.05, 0) is 49.4 Å². The number of hydrogen-bond acceptors (Lipinski definition) is 2. The standard InChI is InChI=1S/C21H19F3N2O/c1-15-2-6-19(7-3-15)26-12-13-27-20(26)16-10-11-25(14-16)18-8-4-17(5-9-18)21(22,23)24/h2-11,14,20H,12-13H2,1H3. The van der Waals surface area contributed by atoms with Gasteiger partial charge in [0.1, 0.15) is 0 Å². The topological polar surface area (TPSA) is 17.4 Å². The van der Waals surface area contributed by atoms with E-state index < -0.39 is 11.7 Å². The zero-order valence-corrected chi connectivity index (χ0v) is 14.8. The highest BCUT2D eigenvalue weighted by atomic mass is 19.4. The van der Waals surface area contributed by atoms with Crippen molar-refractivity contribution in [3.8, 4) is 5.69 Å². The van der Waals surface area contributed by atoms with Gasteiger partial charge in [0.15, 0.2) is 6.23 Å². The van der Waals surface area contributed by atoms with Crippen molar-refractivity contribution in [1.29, 1.82) is 0 Å². The maximum atomic E-state index is 12.7. The number of alkyl halides is 3. The Balaban J connectivity index is 1.57. The van der Waals surface area contributed by atoms with E-state index >= 15 is 0 Å². The third-order valence-electron chi connectivity index (χ3n) is 4.75. The van der Waals surface area contributed by atoms with E-state index in [1.165, 1.54) is 17.7 Å². The molecule has 27 heavy (non-hydrogen) atoms. The Bertz CT molecular complexity index is 914. The molecule has 1 aliphatic heterocycles. The predicted octanol–water partition coefficient (Wildman–Crippen LogP) is 5.34. The van der Waals surface area contributed by atoms with Gasteiger partial charge in [0.2, 0.25) is 0 Å². The van der Waals surface area contributed by atoms with Crippen LogP contribution in [0.25, 0.3) is 5.69 Å². The Hall–Kier alpha value is -2.73. The molecule has 0 amide bonds. The van der Waals surface area contributed by atoms with Gasteiger partial charge in [-0.3, -0.25) is 0 Å². The van der Waals surface area contributed by atoms with Gasteiger partial charge in [0.25, 0.3) is 0 Å². The molecule has 2 aromatic carbocycles. The van der Waals surface area contributed by atoms with Gasteiger partial charge < -0.3 is 14.2 Å². The van der Waals surface area contributed by atoms with Crippen LogP contribution in [0.5, 0.6) is 0 Å². The van der Waals surface area contributed by atoms with Crippen molar-refractivity contribution < 1.29 is 17.9 Å². The Kier molecular flexibility index (Phi) is 4.44. The summed E-state index contributed by atoms with van der Waals surface area (Å²) in [4.78, 5) is 2.19. The lowest BCUT2D eigenvalue weighted by atomic mass is 10.2. The average Bonchev–Trinajstić information content (AvgIpc) is 3.31. The van der Waals surface area contributed by atoms with E-state index in [4.69, 9.17) is 4.74 Å². The van der Waals surface area contributed by atoms with Crippen LogP contribution in [0, 0.1) is 6.92 Å². The summed E-state index contributed by atoms with van der Waals surface area (Å²) in [7, 11) is 0. The van der Waals surface area contributed by atoms with Gasteiger partial charge in [-0.2, -0.15) is 13.2 Å². The highest BCUT2D eigenvalue weighted by Gasteiger charge is 2.30. The van der Waals surface area contributed by atoms with Crippen molar-refractivity contribution in [2.24, 2.45) is 0 Å². The normalized spacial score (nSPS) is 17.5. The highest BCUT2D eigenvalue weighted by Crippen LogP contribution is 2.33. The molecular formula is C21H19F3N2O. The molecule has 0 saturated carbocycles. The highest BCUT2D eigenvalue weighted by molar-refractivity contribution is 5.50. The van der Waals surface area contributed by atoms with Crippen LogP contribution in [-0.2, 0) is 10.9 Å². The average molecular weight is 372 g/mol. The largest absolute Gasteiger partial charge is 0.416 e. The SMILES string of the molecule is Cc1ccc(N2CCOC2c2ccn(-c3ccc(C(F)(F)F)cc3)c2)cc1. The lowest BCUT2D eigenvalue weighted by Crippen LogP contribution is -2.22. The molecule has 2 heterocycles. The summed E-state index contributed by atoms with van der Waals surface area (Å²) in [6.07, 6.45) is -0.789. The first kappa shape index (κ1) is 17.7. The summed E-state index contributed by atoms with van der Waals surface area (Å²) >= 11 is 0. The Morgan fingerprint density at radius 1 is 0.926 bits per heavy atom. The predicted molar refractivity (Wildman–Crippen MR) is 98.0 cm³/mol.